The van der Waals surface area contributed by atoms with Crippen LogP contribution in [0.4, 0.5) is 0 Å². The van der Waals surface area contributed by atoms with Gasteiger partial charge in [-0.15, -0.1) is 0 Å². The van der Waals surface area contributed by atoms with Gasteiger partial charge < -0.3 is 0 Å². The van der Waals surface area contributed by atoms with Gasteiger partial charge in [0.1, 0.15) is 5.78 Å². The van der Waals surface area contributed by atoms with Crippen LogP contribution in [0, 0.1) is 5.92 Å². The quantitative estimate of drug-likeness (QED) is 0.817. The predicted molar refractivity (Wildman–Crippen MR) is 84.8 cm³/mol. The van der Waals surface area contributed by atoms with Gasteiger partial charge in [-0.25, -0.2) is 0 Å². The van der Waals surface area contributed by atoms with Gasteiger partial charge in [-0.2, -0.15) is 0 Å². The van der Waals surface area contributed by atoms with Crippen molar-refractivity contribution in [2.24, 2.45) is 5.92 Å². The van der Waals surface area contributed by atoms with Crippen LogP contribution in [0.3, 0.4) is 0 Å². The maximum atomic E-state index is 12.5. The second-order valence-electron chi connectivity index (χ2n) is 5.48. The molecular weight excluding hydrogens is 312 g/mol. The summed E-state index contributed by atoms with van der Waals surface area (Å²) in [5.41, 5.74) is 3.88. The van der Waals surface area contributed by atoms with Crippen LogP contribution >= 0.6 is 15.9 Å². The molecule has 1 atom stereocenters. The Labute approximate surface area is 128 Å². The van der Waals surface area contributed by atoms with Gasteiger partial charge in [0.05, 0.1) is 0 Å². The Bertz CT molecular complexity index is 616. The van der Waals surface area contributed by atoms with E-state index < -0.39 is 0 Å². The number of fused-ring (bicyclic) bond motifs is 1. The first-order valence-corrected chi connectivity index (χ1v) is 7.85. The van der Waals surface area contributed by atoms with E-state index in [9.17, 15) is 4.79 Å². The molecule has 0 heterocycles. The summed E-state index contributed by atoms with van der Waals surface area (Å²) < 4.78 is 1.06. The van der Waals surface area contributed by atoms with Crippen molar-refractivity contribution in [1.29, 1.82) is 0 Å². The lowest BCUT2D eigenvalue weighted by Crippen LogP contribution is -2.24. The summed E-state index contributed by atoms with van der Waals surface area (Å²) in [5, 5.41) is 0. The van der Waals surface area contributed by atoms with Crippen LogP contribution in [0.15, 0.2) is 53.0 Å². The van der Waals surface area contributed by atoms with Crippen molar-refractivity contribution >= 4 is 21.7 Å². The smallest absolute Gasteiger partial charge is 0.140 e. The molecule has 20 heavy (non-hydrogen) atoms. The number of halogens is 1. The lowest BCUT2D eigenvalue weighted by Gasteiger charge is -2.23. The van der Waals surface area contributed by atoms with Crippen LogP contribution in [0.2, 0.25) is 0 Å². The lowest BCUT2D eigenvalue weighted by atomic mass is 9.80. The van der Waals surface area contributed by atoms with Crippen LogP contribution in [0.1, 0.15) is 23.1 Å². The monoisotopic (exact) mass is 328 g/mol. The fraction of sp³-hybridized carbons (Fsp3) is 0.278. The third-order valence-corrected chi connectivity index (χ3v) is 4.62. The maximum absolute atomic E-state index is 12.5. The number of carbonyl (C=O) groups excluding carboxylic acids is 1. The van der Waals surface area contributed by atoms with E-state index in [-0.39, 0.29) is 5.92 Å². The van der Waals surface area contributed by atoms with Crippen molar-refractivity contribution in [1.82, 2.24) is 0 Å². The maximum Gasteiger partial charge on any atom is 0.140 e. The van der Waals surface area contributed by atoms with Crippen molar-refractivity contribution in [3.8, 4) is 0 Å². The first-order chi connectivity index (χ1) is 9.72. The second-order valence-corrected chi connectivity index (χ2v) is 6.39. The zero-order valence-corrected chi connectivity index (χ0v) is 12.9. The summed E-state index contributed by atoms with van der Waals surface area (Å²) in [6.07, 6.45) is 3.49. The molecule has 2 aromatic carbocycles. The zero-order chi connectivity index (χ0) is 13.9. The number of hydrogen-bond acceptors (Lipinski definition) is 1. The van der Waals surface area contributed by atoms with Crippen LogP contribution in [-0.2, 0) is 24.1 Å². The Hall–Kier alpha value is -1.41. The summed E-state index contributed by atoms with van der Waals surface area (Å²) in [6.45, 7) is 0. The number of ketones is 1. The third-order valence-electron chi connectivity index (χ3n) is 4.09. The van der Waals surface area contributed by atoms with E-state index >= 15 is 0 Å². The number of Topliss-reactive ketones (excluding diaryl/α,β-unsaturated/α-hetero) is 1. The van der Waals surface area contributed by atoms with Gasteiger partial charge in [-0.1, -0.05) is 52.3 Å². The summed E-state index contributed by atoms with van der Waals surface area (Å²) in [7, 11) is 0. The Morgan fingerprint density at radius 1 is 1.05 bits per heavy atom. The SMILES string of the molecule is O=C(Cc1ccc(Br)cc1)C1CCc2ccccc2C1. The van der Waals surface area contributed by atoms with E-state index in [0.29, 0.717) is 12.2 Å². The molecule has 0 aromatic heterocycles. The van der Waals surface area contributed by atoms with Gasteiger partial charge in [0.25, 0.3) is 0 Å². The molecule has 102 valence electrons. The van der Waals surface area contributed by atoms with Crippen molar-refractivity contribution in [2.75, 3.05) is 0 Å². The molecule has 0 spiro atoms. The van der Waals surface area contributed by atoms with Crippen molar-refractivity contribution in [3.05, 3.63) is 69.7 Å². The first-order valence-electron chi connectivity index (χ1n) is 7.06. The van der Waals surface area contributed by atoms with Crippen molar-refractivity contribution in [3.63, 3.8) is 0 Å². The molecule has 0 N–H and O–H groups in total. The summed E-state index contributed by atoms with van der Waals surface area (Å²) >= 11 is 3.42. The van der Waals surface area contributed by atoms with Crippen molar-refractivity contribution in [2.45, 2.75) is 25.7 Å². The number of benzene rings is 2. The highest BCUT2D eigenvalue weighted by Crippen LogP contribution is 2.27. The molecule has 0 amide bonds. The summed E-state index contributed by atoms with van der Waals surface area (Å²) in [5.74, 6) is 0.565. The number of hydrogen-bond donors (Lipinski definition) is 0. The Balaban J connectivity index is 1.68. The van der Waals surface area contributed by atoms with Crippen LogP contribution in [0.25, 0.3) is 0 Å². The fourth-order valence-corrected chi connectivity index (χ4v) is 3.18. The first kappa shape index (κ1) is 13.6. The van der Waals surface area contributed by atoms with Gasteiger partial charge >= 0.3 is 0 Å². The minimum Gasteiger partial charge on any atom is -0.299 e. The molecule has 2 heteroatoms. The predicted octanol–water partition coefficient (Wildman–Crippen LogP) is 4.37. The standard InChI is InChI=1S/C18H17BrO/c19-17-9-5-13(6-10-17)11-18(20)16-8-7-14-3-1-2-4-15(14)12-16/h1-6,9-10,16H,7-8,11-12H2. The molecule has 1 unspecified atom stereocenters. The number of aryl methyl sites for hydroxylation is 1. The molecule has 0 fully saturated rings. The molecule has 0 bridgehead atoms. The topological polar surface area (TPSA) is 17.1 Å². The Morgan fingerprint density at radius 3 is 2.50 bits per heavy atom. The largest absolute Gasteiger partial charge is 0.299 e. The molecule has 0 radical (unpaired) electrons. The highest BCUT2D eigenvalue weighted by atomic mass is 79.9. The zero-order valence-electron chi connectivity index (χ0n) is 11.3. The summed E-state index contributed by atoms with van der Waals surface area (Å²) in [4.78, 5) is 12.5. The minimum absolute atomic E-state index is 0.188. The minimum atomic E-state index is 0.188. The molecule has 1 aliphatic rings. The fourth-order valence-electron chi connectivity index (χ4n) is 2.92. The average Bonchev–Trinajstić information content (AvgIpc) is 2.49. The van der Waals surface area contributed by atoms with Gasteiger partial charge in [0.15, 0.2) is 0 Å². The normalized spacial score (nSPS) is 17.6. The molecule has 3 rings (SSSR count). The van der Waals surface area contributed by atoms with Crippen LogP contribution < -0.4 is 0 Å². The van der Waals surface area contributed by atoms with Crippen LogP contribution in [0.5, 0.6) is 0 Å². The van der Waals surface area contributed by atoms with Gasteiger partial charge in [0.2, 0.25) is 0 Å². The van der Waals surface area contributed by atoms with Crippen LogP contribution in [-0.4, -0.2) is 5.78 Å². The van der Waals surface area contributed by atoms with E-state index in [1.54, 1.807) is 0 Å². The molecular formula is C18H17BrO. The van der Waals surface area contributed by atoms with E-state index in [4.69, 9.17) is 0 Å². The average molecular weight is 329 g/mol. The molecule has 1 aliphatic carbocycles. The summed E-state index contributed by atoms with van der Waals surface area (Å²) in [6, 6.07) is 16.6. The van der Waals surface area contributed by atoms with Gasteiger partial charge in [0, 0.05) is 16.8 Å². The van der Waals surface area contributed by atoms with Gasteiger partial charge in [-0.05, 0) is 48.1 Å². The number of carbonyl (C=O) groups is 1. The van der Waals surface area contributed by atoms with E-state index in [1.165, 1.54) is 11.1 Å². The Kier molecular flexibility index (Phi) is 4.02. The molecule has 0 aliphatic heterocycles. The lowest BCUT2D eigenvalue weighted by molar-refractivity contribution is -0.122. The highest BCUT2D eigenvalue weighted by molar-refractivity contribution is 9.10. The molecule has 1 nitrogen and oxygen atoms in total. The Morgan fingerprint density at radius 2 is 1.75 bits per heavy atom. The number of rotatable bonds is 3. The molecule has 0 saturated carbocycles. The third kappa shape index (κ3) is 3.01. The van der Waals surface area contributed by atoms with E-state index in [0.717, 1.165) is 29.3 Å². The van der Waals surface area contributed by atoms with Gasteiger partial charge in [-0.3, -0.25) is 4.79 Å². The van der Waals surface area contributed by atoms with E-state index in [1.807, 2.05) is 24.3 Å². The second kappa shape index (κ2) is 5.92. The van der Waals surface area contributed by atoms with Crippen molar-refractivity contribution < 1.29 is 4.79 Å². The van der Waals surface area contributed by atoms with E-state index in [2.05, 4.69) is 40.2 Å². The molecule has 2 aromatic rings. The molecule has 0 saturated heterocycles. The highest BCUT2D eigenvalue weighted by Gasteiger charge is 2.24.